The number of nitrogens with one attached hydrogen (secondary N) is 1. The molecule has 1 amide bonds. The highest BCUT2D eigenvalue weighted by Crippen LogP contribution is 2.26. The van der Waals surface area contributed by atoms with Crippen molar-refractivity contribution >= 4 is 6.09 Å². The van der Waals surface area contributed by atoms with Crippen LogP contribution in [-0.4, -0.2) is 41.8 Å². The summed E-state index contributed by atoms with van der Waals surface area (Å²) in [5.74, 6) is 0. The molecule has 0 aromatic heterocycles. The second-order valence-electron chi connectivity index (χ2n) is 6.24. The molecule has 0 spiro atoms. The van der Waals surface area contributed by atoms with Crippen molar-refractivity contribution in [1.29, 1.82) is 0 Å². The number of likely N-dealkylation sites (tertiary alicyclic amines) is 1. The van der Waals surface area contributed by atoms with E-state index in [1.807, 2.05) is 20.8 Å². The molecule has 1 aliphatic heterocycles. The Morgan fingerprint density at radius 1 is 1.44 bits per heavy atom. The fourth-order valence-electron chi connectivity index (χ4n) is 1.97. The summed E-state index contributed by atoms with van der Waals surface area (Å²) in [6.07, 6.45) is 0.645. The molecule has 0 saturated carbocycles. The van der Waals surface area contributed by atoms with Crippen LogP contribution < -0.4 is 5.32 Å². The summed E-state index contributed by atoms with van der Waals surface area (Å²) in [6.45, 7) is 10.9. The van der Waals surface area contributed by atoms with Gasteiger partial charge in [-0.1, -0.05) is 0 Å². The topological polar surface area (TPSA) is 41.6 Å². The van der Waals surface area contributed by atoms with Crippen molar-refractivity contribution in [2.45, 2.75) is 58.2 Å². The Balaban J connectivity index is 2.43. The van der Waals surface area contributed by atoms with Gasteiger partial charge >= 0.3 is 6.09 Å². The molecular formula is C12H24N2O2. The molecule has 4 heteroatoms. The van der Waals surface area contributed by atoms with Gasteiger partial charge in [-0.2, -0.15) is 0 Å². The number of amides is 1. The SMILES string of the molecule is CN1C[C@H](NC(=O)OC(C)(C)C)CC1(C)C. The predicted molar refractivity (Wildman–Crippen MR) is 64.5 cm³/mol. The van der Waals surface area contributed by atoms with Crippen LogP contribution in [0.5, 0.6) is 0 Å². The maximum absolute atomic E-state index is 11.6. The van der Waals surface area contributed by atoms with Crippen molar-refractivity contribution in [2.75, 3.05) is 13.6 Å². The Morgan fingerprint density at radius 3 is 2.38 bits per heavy atom. The van der Waals surface area contributed by atoms with Gasteiger partial charge in [-0.15, -0.1) is 0 Å². The maximum Gasteiger partial charge on any atom is 0.407 e. The average molecular weight is 228 g/mol. The van der Waals surface area contributed by atoms with Gasteiger partial charge in [-0.25, -0.2) is 4.79 Å². The van der Waals surface area contributed by atoms with Gasteiger partial charge in [-0.3, -0.25) is 4.90 Å². The van der Waals surface area contributed by atoms with Gasteiger partial charge in [0.1, 0.15) is 5.60 Å². The first kappa shape index (κ1) is 13.3. The second kappa shape index (κ2) is 4.24. The van der Waals surface area contributed by atoms with Gasteiger partial charge in [0, 0.05) is 18.1 Å². The zero-order chi connectivity index (χ0) is 12.6. The van der Waals surface area contributed by atoms with Crippen molar-refractivity contribution in [3.8, 4) is 0 Å². The number of likely N-dealkylation sites (N-methyl/N-ethyl adjacent to an activating group) is 1. The van der Waals surface area contributed by atoms with Crippen molar-refractivity contribution in [1.82, 2.24) is 10.2 Å². The lowest BCUT2D eigenvalue weighted by Crippen LogP contribution is -2.40. The summed E-state index contributed by atoms with van der Waals surface area (Å²) in [6, 6.07) is 0.190. The minimum absolute atomic E-state index is 0.152. The van der Waals surface area contributed by atoms with E-state index in [1.54, 1.807) is 0 Å². The van der Waals surface area contributed by atoms with E-state index in [2.05, 4.69) is 31.1 Å². The molecule has 1 atom stereocenters. The minimum atomic E-state index is -0.426. The van der Waals surface area contributed by atoms with Crippen molar-refractivity contribution < 1.29 is 9.53 Å². The summed E-state index contributed by atoms with van der Waals surface area (Å²) in [5, 5.41) is 2.92. The highest BCUT2D eigenvalue weighted by molar-refractivity contribution is 5.68. The van der Waals surface area contributed by atoms with Crippen molar-refractivity contribution in [3.05, 3.63) is 0 Å². The van der Waals surface area contributed by atoms with Crippen LogP contribution in [0.15, 0.2) is 0 Å². The quantitative estimate of drug-likeness (QED) is 0.746. The van der Waals surface area contributed by atoms with E-state index >= 15 is 0 Å². The van der Waals surface area contributed by atoms with Gasteiger partial charge in [0.15, 0.2) is 0 Å². The fraction of sp³-hybridized carbons (Fsp3) is 0.917. The second-order valence-corrected chi connectivity index (χ2v) is 6.24. The number of hydrogen-bond acceptors (Lipinski definition) is 3. The van der Waals surface area contributed by atoms with Crippen LogP contribution in [0.25, 0.3) is 0 Å². The van der Waals surface area contributed by atoms with Gasteiger partial charge in [0.2, 0.25) is 0 Å². The standard InChI is InChI=1S/C12H24N2O2/c1-11(2,3)16-10(15)13-9-7-12(4,5)14(6)8-9/h9H,7-8H2,1-6H3,(H,13,15)/t9-/m1/s1. The first-order chi connectivity index (χ1) is 7.10. The Bertz CT molecular complexity index is 269. The molecule has 16 heavy (non-hydrogen) atoms. The molecule has 0 aliphatic carbocycles. The summed E-state index contributed by atoms with van der Waals surface area (Å²) in [5.41, 5.74) is -0.274. The first-order valence-electron chi connectivity index (χ1n) is 5.81. The van der Waals surface area contributed by atoms with E-state index in [1.165, 1.54) is 0 Å². The summed E-state index contributed by atoms with van der Waals surface area (Å²) >= 11 is 0. The molecule has 1 rings (SSSR count). The molecule has 4 nitrogen and oxygen atoms in total. The van der Waals surface area contributed by atoms with Crippen LogP contribution in [0.4, 0.5) is 4.79 Å². The third-order valence-corrected chi connectivity index (χ3v) is 2.99. The Morgan fingerprint density at radius 2 is 2.00 bits per heavy atom. The molecule has 1 fully saturated rings. The molecule has 1 heterocycles. The largest absolute Gasteiger partial charge is 0.444 e. The lowest BCUT2D eigenvalue weighted by molar-refractivity contribution is 0.0506. The Kier molecular flexibility index (Phi) is 3.53. The van der Waals surface area contributed by atoms with Crippen molar-refractivity contribution in [3.63, 3.8) is 0 Å². The fourth-order valence-corrected chi connectivity index (χ4v) is 1.97. The average Bonchev–Trinajstić information content (AvgIpc) is 2.20. The normalized spacial score (nSPS) is 25.5. The molecule has 1 aliphatic rings. The molecule has 1 saturated heterocycles. The minimum Gasteiger partial charge on any atom is -0.444 e. The van der Waals surface area contributed by atoms with Gasteiger partial charge in [-0.05, 0) is 48.1 Å². The third-order valence-electron chi connectivity index (χ3n) is 2.99. The van der Waals surface area contributed by atoms with Crippen LogP contribution in [0.1, 0.15) is 41.0 Å². The number of ether oxygens (including phenoxy) is 1. The van der Waals surface area contributed by atoms with E-state index in [9.17, 15) is 4.79 Å². The summed E-state index contributed by atoms with van der Waals surface area (Å²) < 4.78 is 5.23. The number of nitrogens with zero attached hydrogens (tertiary/aromatic N) is 1. The van der Waals surface area contributed by atoms with Crippen molar-refractivity contribution in [2.24, 2.45) is 0 Å². The van der Waals surface area contributed by atoms with E-state index in [-0.39, 0.29) is 17.7 Å². The summed E-state index contributed by atoms with van der Waals surface area (Å²) in [4.78, 5) is 13.8. The lowest BCUT2D eigenvalue weighted by Gasteiger charge is -2.26. The molecule has 0 aromatic carbocycles. The molecule has 94 valence electrons. The highest BCUT2D eigenvalue weighted by atomic mass is 16.6. The van der Waals surface area contributed by atoms with Gasteiger partial charge < -0.3 is 10.1 Å². The monoisotopic (exact) mass is 228 g/mol. The highest BCUT2D eigenvalue weighted by Gasteiger charge is 2.36. The van der Waals surface area contributed by atoms with Crippen LogP contribution in [0.3, 0.4) is 0 Å². The van der Waals surface area contributed by atoms with Gasteiger partial charge in [0.05, 0.1) is 0 Å². The predicted octanol–water partition coefficient (Wildman–Crippen LogP) is 1.99. The number of hydrogen-bond donors (Lipinski definition) is 1. The zero-order valence-corrected chi connectivity index (χ0v) is 11.3. The maximum atomic E-state index is 11.6. The first-order valence-corrected chi connectivity index (χ1v) is 5.81. The third kappa shape index (κ3) is 3.67. The molecule has 0 radical (unpaired) electrons. The van der Waals surface area contributed by atoms with E-state index in [0.717, 1.165) is 13.0 Å². The molecule has 1 N–H and O–H groups in total. The number of alkyl carbamates (subject to hydrolysis) is 1. The molecule has 0 unspecified atom stereocenters. The molecular weight excluding hydrogens is 204 g/mol. The number of carbonyl (C=O) groups excluding carboxylic acids is 1. The smallest absolute Gasteiger partial charge is 0.407 e. The Labute approximate surface area is 98.3 Å². The van der Waals surface area contributed by atoms with Crippen LogP contribution in [0.2, 0.25) is 0 Å². The van der Waals surface area contributed by atoms with Crippen LogP contribution >= 0.6 is 0 Å². The molecule has 0 bridgehead atoms. The molecule has 0 aromatic rings. The number of rotatable bonds is 1. The summed E-state index contributed by atoms with van der Waals surface area (Å²) in [7, 11) is 2.08. The Hall–Kier alpha value is -0.770. The lowest BCUT2D eigenvalue weighted by atomic mass is 10.0. The van der Waals surface area contributed by atoms with Crippen LogP contribution in [-0.2, 0) is 4.74 Å². The number of carbonyl (C=O) groups is 1. The van der Waals surface area contributed by atoms with Gasteiger partial charge in [0.25, 0.3) is 0 Å². The van der Waals surface area contributed by atoms with Crippen LogP contribution in [0, 0.1) is 0 Å². The van der Waals surface area contributed by atoms with E-state index in [4.69, 9.17) is 4.74 Å². The van der Waals surface area contributed by atoms with E-state index < -0.39 is 5.60 Å². The van der Waals surface area contributed by atoms with E-state index in [0.29, 0.717) is 0 Å². The zero-order valence-electron chi connectivity index (χ0n) is 11.3.